The van der Waals surface area contributed by atoms with Crippen LogP contribution in [0.15, 0.2) is 18.2 Å². The number of alkyl halides is 3. The van der Waals surface area contributed by atoms with Gasteiger partial charge in [0.1, 0.15) is 5.56 Å². The van der Waals surface area contributed by atoms with E-state index in [-0.39, 0.29) is 0 Å². The lowest BCUT2D eigenvalue weighted by molar-refractivity contribution is -0.385. The van der Waals surface area contributed by atoms with Crippen molar-refractivity contribution in [2.24, 2.45) is 0 Å². The first-order valence-electron chi connectivity index (χ1n) is 4.49. The molecule has 0 heterocycles. The predicted octanol–water partition coefficient (Wildman–Crippen LogP) is 1.52. The number of para-hydroxylation sites is 1. The number of nitrogens with zero attached hydrogens (tertiary/aromatic N) is 1. The Hall–Kier alpha value is -2.37. The standard InChI is InChI=1S/C8H4F3NO7S/c9-8(10,11)20(17,18)19-6-4(7(13)14)2-1-3-5(6)12(15)16/h1-3H,(H,13,14). The molecule has 0 aliphatic rings. The van der Waals surface area contributed by atoms with Crippen molar-refractivity contribution in [3.05, 3.63) is 33.9 Å². The van der Waals surface area contributed by atoms with Gasteiger partial charge in [-0.05, 0) is 6.07 Å². The summed E-state index contributed by atoms with van der Waals surface area (Å²) in [5.74, 6) is -3.40. The molecule has 0 aliphatic carbocycles. The van der Waals surface area contributed by atoms with Crippen molar-refractivity contribution in [2.75, 3.05) is 0 Å². The monoisotopic (exact) mass is 315 g/mol. The fraction of sp³-hybridized carbons (Fsp3) is 0.125. The number of hydrogen-bond acceptors (Lipinski definition) is 6. The zero-order valence-corrected chi connectivity index (χ0v) is 9.93. The summed E-state index contributed by atoms with van der Waals surface area (Å²) in [5, 5.41) is 19.3. The Morgan fingerprint density at radius 2 is 1.90 bits per heavy atom. The zero-order chi connectivity index (χ0) is 15.7. The number of carboxylic acids is 1. The summed E-state index contributed by atoms with van der Waals surface area (Å²) in [7, 11) is -6.23. The van der Waals surface area contributed by atoms with Crippen molar-refractivity contribution < 1.29 is 40.6 Å². The first kappa shape index (κ1) is 15.7. The molecule has 0 aliphatic heterocycles. The number of aromatic carboxylic acids is 1. The number of carboxylic acid groups (broad SMARTS) is 1. The summed E-state index contributed by atoms with van der Waals surface area (Å²) in [4.78, 5) is 20.1. The van der Waals surface area contributed by atoms with Crippen LogP contribution in [0.25, 0.3) is 0 Å². The summed E-state index contributed by atoms with van der Waals surface area (Å²) in [6.07, 6.45) is 0. The molecule has 8 nitrogen and oxygen atoms in total. The van der Waals surface area contributed by atoms with Gasteiger partial charge in [0.2, 0.25) is 5.75 Å². The first-order valence-corrected chi connectivity index (χ1v) is 5.89. The van der Waals surface area contributed by atoms with Gasteiger partial charge in [-0.1, -0.05) is 6.07 Å². The zero-order valence-electron chi connectivity index (χ0n) is 9.12. The maximum absolute atomic E-state index is 12.2. The van der Waals surface area contributed by atoms with Crippen LogP contribution in [0.3, 0.4) is 0 Å². The maximum atomic E-state index is 12.2. The van der Waals surface area contributed by atoms with Gasteiger partial charge in [-0.2, -0.15) is 21.6 Å². The summed E-state index contributed by atoms with van der Waals surface area (Å²) in [6.45, 7) is 0. The maximum Gasteiger partial charge on any atom is 0.534 e. The average Bonchev–Trinajstić information content (AvgIpc) is 2.26. The number of hydrogen-bond donors (Lipinski definition) is 1. The van der Waals surface area contributed by atoms with Crippen molar-refractivity contribution in [1.29, 1.82) is 0 Å². The van der Waals surface area contributed by atoms with E-state index in [0.717, 1.165) is 6.07 Å². The predicted molar refractivity (Wildman–Crippen MR) is 55.7 cm³/mol. The molecule has 110 valence electrons. The SMILES string of the molecule is O=C(O)c1cccc([N+](=O)[O-])c1OS(=O)(=O)C(F)(F)F. The molecular weight excluding hydrogens is 311 g/mol. The van der Waals surface area contributed by atoms with Crippen molar-refractivity contribution in [3.8, 4) is 5.75 Å². The highest BCUT2D eigenvalue weighted by atomic mass is 32.2. The Labute approximate surface area is 108 Å². The van der Waals surface area contributed by atoms with Crippen molar-refractivity contribution in [1.82, 2.24) is 0 Å². The fourth-order valence-corrected chi connectivity index (χ4v) is 1.57. The molecule has 12 heteroatoms. The van der Waals surface area contributed by atoms with Crippen LogP contribution in [0.5, 0.6) is 5.75 Å². The fourth-order valence-electron chi connectivity index (χ4n) is 1.08. The quantitative estimate of drug-likeness (QED) is 0.386. The van der Waals surface area contributed by atoms with Gasteiger partial charge >= 0.3 is 27.3 Å². The minimum absolute atomic E-state index is 0.605. The Kier molecular flexibility index (Phi) is 3.89. The molecule has 0 unspecified atom stereocenters. The van der Waals surface area contributed by atoms with E-state index < -0.39 is 43.5 Å². The Morgan fingerprint density at radius 1 is 1.35 bits per heavy atom. The third-order valence-electron chi connectivity index (χ3n) is 1.90. The van der Waals surface area contributed by atoms with E-state index in [1.54, 1.807) is 0 Å². The number of carbonyl (C=O) groups is 1. The second-order valence-corrected chi connectivity index (χ2v) is 4.74. The van der Waals surface area contributed by atoms with E-state index in [9.17, 15) is 36.5 Å². The lowest BCUT2D eigenvalue weighted by Crippen LogP contribution is -2.29. The number of benzene rings is 1. The average molecular weight is 315 g/mol. The van der Waals surface area contributed by atoms with Gasteiger partial charge in [0.15, 0.2) is 0 Å². The molecule has 0 fully saturated rings. The molecule has 0 radical (unpaired) electrons. The highest BCUT2D eigenvalue weighted by molar-refractivity contribution is 7.88. The normalized spacial score (nSPS) is 11.9. The summed E-state index contributed by atoms with van der Waals surface area (Å²) in [5.41, 5.74) is -8.17. The number of nitro groups is 1. The van der Waals surface area contributed by atoms with Crippen LogP contribution in [0.1, 0.15) is 10.4 Å². The minimum Gasteiger partial charge on any atom is -0.478 e. The van der Waals surface area contributed by atoms with Gasteiger partial charge in [0.25, 0.3) is 0 Å². The van der Waals surface area contributed by atoms with E-state index in [1.165, 1.54) is 0 Å². The largest absolute Gasteiger partial charge is 0.534 e. The molecule has 0 bridgehead atoms. The van der Waals surface area contributed by atoms with Crippen molar-refractivity contribution in [2.45, 2.75) is 5.51 Å². The van der Waals surface area contributed by atoms with Gasteiger partial charge in [-0.3, -0.25) is 10.1 Å². The third-order valence-corrected chi connectivity index (χ3v) is 2.85. The summed E-state index contributed by atoms with van der Waals surface area (Å²) in [6, 6.07) is 2.12. The van der Waals surface area contributed by atoms with E-state index in [2.05, 4.69) is 4.18 Å². The Morgan fingerprint density at radius 3 is 2.30 bits per heavy atom. The molecule has 0 aromatic heterocycles. The number of nitro benzene ring substituents is 1. The van der Waals surface area contributed by atoms with Crippen LogP contribution in [-0.4, -0.2) is 29.9 Å². The Bertz CT molecular complexity index is 635. The minimum atomic E-state index is -6.23. The van der Waals surface area contributed by atoms with Crippen LogP contribution < -0.4 is 4.18 Å². The van der Waals surface area contributed by atoms with Crippen molar-refractivity contribution >= 4 is 21.8 Å². The smallest absolute Gasteiger partial charge is 0.478 e. The van der Waals surface area contributed by atoms with Crippen molar-refractivity contribution in [3.63, 3.8) is 0 Å². The Balaban J connectivity index is 3.51. The molecular formula is C8H4F3NO7S. The van der Waals surface area contributed by atoms with E-state index in [1.807, 2.05) is 0 Å². The van der Waals surface area contributed by atoms with Gasteiger partial charge < -0.3 is 9.29 Å². The van der Waals surface area contributed by atoms with Crippen LogP contribution >= 0.6 is 0 Å². The summed E-state index contributed by atoms with van der Waals surface area (Å²) < 4.78 is 61.7. The highest BCUT2D eigenvalue weighted by Crippen LogP contribution is 2.35. The number of rotatable bonds is 4. The molecule has 0 saturated heterocycles. The second-order valence-electron chi connectivity index (χ2n) is 3.20. The van der Waals surface area contributed by atoms with Gasteiger partial charge in [-0.25, -0.2) is 4.79 Å². The molecule has 1 aromatic carbocycles. The van der Waals surface area contributed by atoms with Crippen LogP contribution in [-0.2, 0) is 10.1 Å². The molecule has 1 N–H and O–H groups in total. The molecule has 0 saturated carbocycles. The third kappa shape index (κ3) is 2.96. The molecule has 0 spiro atoms. The van der Waals surface area contributed by atoms with Gasteiger partial charge in [0, 0.05) is 6.07 Å². The van der Waals surface area contributed by atoms with E-state index >= 15 is 0 Å². The first-order chi connectivity index (χ1) is 8.97. The second kappa shape index (κ2) is 4.96. The molecule has 1 aromatic rings. The molecule has 0 amide bonds. The highest BCUT2D eigenvalue weighted by Gasteiger charge is 2.50. The van der Waals surface area contributed by atoms with Crippen LogP contribution in [0, 0.1) is 10.1 Å². The van der Waals surface area contributed by atoms with Gasteiger partial charge in [-0.15, -0.1) is 0 Å². The summed E-state index contributed by atoms with van der Waals surface area (Å²) >= 11 is 0. The molecule has 1 rings (SSSR count). The van der Waals surface area contributed by atoms with Crippen LogP contribution in [0.4, 0.5) is 18.9 Å². The van der Waals surface area contributed by atoms with E-state index in [0.29, 0.717) is 12.1 Å². The lowest BCUT2D eigenvalue weighted by Gasteiger charge is -2.11. The molecule has 20 heavy (non-hydrogen) atoms. The van der Waals surface area contributed by atoms with E-state index in [4.69, 9.17) is 5.11 Å². The lowest BCUT2D eigenvalue weighted by atomic mass is 10.2. The number of halogens is 3. The van der Waals surface area contributed by atoms with Crippen LogP contribution in [0.2, 0.25) is 0 Å². The molecule has 0 atom stereocenters. The van der Waals surface area contributed by atoms with Gasteiger partial charge in [0.05, 0.1) is 4.92 Å². The topological polar surface area (TPSA) is 124 Å².